The number of phenolic OH excluding ortho intramolecular Hbond substituents is 1. The maximum atomic E-state index is 11.7. The molecule has 0 heterocycles. The third kappa shape index (κ3) is 7.21. The first-order valence-electron chi connectivity index (χ1n) is 10.3. The molecule has 0 aliphatic carbocycles. The summed E-state index contributed by atoms with van der Waals surface area (Å²) in [5.41, 5.74) is 1.90. The van der Waals surface area contributed by atoms with Crippen molar-refractivity contribution in [3.63, 3.8) is 0 Å². The molecule has 1 atom stereocenters. The van der Waals surface area contributed by atoms with Crippen molar-refractivity contribution in [3.8, 4) is 17.2 Å². The lowest BCUT2D eigenvalue weighted by atomic mass is 10.0. The zero-order valence-electron chi connectivity index (χ0n) is 18.4. The van der Waals surface area contributed by atoms with E-state index in [4.69, 9.17) is 14.6 Å². The summed E-state index contributed by atoms with van der Waals surface area (Å²) in [6, 6.07) is 9.06. The van der Waals surface area contributed by atoms with Gasteiger partial charge in [0, 0.05) is 16.2 Å². The van der Waals surface area contributed by atoms with Gasteiger partial charge in [-0.1, -0.05) is 20.3 Å². The molecule has 2 N–H and O–H groups in total. The Bertz CT molecular complexity index is 925. The van der Waals surface area contributed by atoms with Gasteiger partial charge < -0.3 is 19.7 Å². The van der Waals surface area contributed by atoms with E-state index >= 15 is 0 Å². The van der Waals surface area contributed by atoms with Crippen LogP contribution in [-0.2, 0) is 11.2 Å². The van der Waals surface area contributed by atoms with Crippen LogP contribution in [0.1, 0.15) is 48.7 Å². The van der Waals surface area contributed by atoms with Crippen molar-refractivity contribution < 1.29 is 29.3 Å². The lowest BCUT2D eigenvalue weighted by molar-refractivity contribution is -0.139. The number of aliphatic carboxylic acids is 1. The van der Waals surface area contributed by atoms with E-state index in [9.17, 15) is 14.7 Å². The van der Waals surface area contributed by atoms with E-state index in [1.807, 2.05) is 26.0 Å². The van der Waals surface area contributed by atoms with E-state index in [2.05, 4.69) is 6.92 Å². The summed E-state index contributed by atoms with van der Waals surface area (Å²) in [5, 5.41) is 19.2. The van der Waals surface area contributed by atoms with Crippen LogP contribution in [0.15, 0.2) is 35.2 Å². The predicted molar refractivity (Wildman–Crippen MR) is 122 cm³/mol. The number of rotatable bonds is 12. The largest absolute Gasteiger partial charge is 0.507 e. The lowest BCUT2D eigenvalue weighted by Gasteiger charge is -2.17. The molecule has 31 heavy (non-hydrogen) atoms. The summed E-state index contributed by atoms with van der Waals surface area (Å²) >= 11 is 1.69. The summed E-state index contributed by atoms with van der Waals surface area (Å²) < 4.78 is 11.3. The first-order valence-corrected chi connectivity index (χ1v) is 11.3. The Morgan fingerprint density at radius 1 is 1.13 bits per heavy atom. The van der Waals surface area contributed by atoms with Crippen LogP contribution in [-0.4, -0.2) is 40.9 Å². The average Bonchev–Trinajstić information content (AvgIpc) is 2.71. The first kappa shape index (κ1) is 24.6. The van der Waals surface area contributed by atoms with Gasteiger partial charge in [-0.2, -0.15) is 0 Å². The number of carbonyl (C=O) groups excluding carboxylic acids is 1. The van der Waals surface area contributed by atoms with Crippen LogP contribution in [0.4, 0.5) is 0 Å². The van der Waals surface area contributed by atoms with Crippen molar-refractivity contribution in [2.75, 3.05) is 19.0 Å². The van der Waals surface area contributed by atoms with Gasteiger partial charge in [0.25, 0.3) is 0 Å². The number of carbonyl (C=O) groups is 2. The van der Waals surface area contributed by atoms with Crippen LogP contribution >= 0.6 is 11.8 Å². The van der Waals surface area contributed by atoms with Crippen LogP contribution in [0.3, 0.4) is 0 Å². The van der Waals surface area contributed by atoms with E-state index in [1.165, 1.54) is 6.92 Å². The van der Waals surface area contributed by atoms with Crippen LogP contribution in [0.25, 0.3) is 0 Å². The molecule has 168 valence electrons. The van der Waals surface area contributed by atoms with E-state index in [-0.39, 0.29) is 24.1 Å². The topological polar surface area (TPSA) is 93.1 Å². The summed E-state index contributed by atoms with van der Waals surface area (Å²) in [6.45, 7) is 7.57. The van der Waals surface area contributed by atoms with E-state index in [1.54, 1.807) is 30.0 Å². The fourth-order valence-electron chi connectivity index (χ4n) is 3.06. The molecular weight excluding hydrogens is 416 g/mol. The van der Waals surface area contributed by atoms with Gasteiger partial charge in [-0.25, -0.2) is 4.79 Å². The smallest absolute Gasteiger partial charge is 0.341 e. The fourth-order valence-corrected chi connectivity index (χ4v) is 4.06. The standard InChI is InChI=1S/C24H30O6S/c1-5-6-20-22(10-8-19(17(4)25)24(20)28)29-12-15(2)14-31-18-7-9-21(16(3)11-18)30-13-23(26)27/h7-11,15,28H,5-6,12-14H2,1-4H3,(H,26,27). The first-order chi connectivity index (χ1) is 14.7. The third-order valence-electron chi connectivity index (χ3n) is 4.67. The van der Waals surface area contributed by atoms with Gasteiger partial charge in [0.05, 0.1) is 12.2 Å². The number of hydrogen-bond donors (Lipinski definition) is 2. The molecule has 0 spiro atoms. The molecule has 2 aromatic rings. The Kier molecular flexibility index (Phi) is 9.24. The number of benzene rings is 2. The highest BCUT2D eigenvalue weighted by molar-refractivity contribution is 7.99. The van der Waals surface area contributed by atoms with Gasteiger partial charge in [0.2, 0.25) is 0 Å². The minimum Gasteiger partial charge on any atom is -0.507 e. The van der Waals surface area contributed by atoms with Gasteiger partial charge in [-0.3, -0.25) is 4.79 Å². The quantitative estimate of drug-likeness (QED) is 0.345. The number of aromatic hydroxyl groups is 1. The molecule has 0 saturated carbocycles. The van der Waals surface area contributed by atoms with Crippen molar-refractivity contribution in [1.29, 1.82) is 0 Å². The van der Waals surface area contributed by atoms with Crippen LogP contribution in [0.5, 0.6) is 17.2 Å². The number of phenols is 1. The number of hydrogen-bond acceptors (Lipinski definition) is 6. The van der Waals surface area contributed by atoms with Gasteiger partial charge in [-0.05, 0) is 62.1 Å². The van der Waals surface area contributed by atoms with Gasteiger partial charge in [0.15, 0.2) is 12.4 Å². The second kappa shape index (κ2) is 11.6. The Hall–Kier alpha value is -2.67. The maximum absolute atomic E-state index is 11.7. The van der Waals surface area contributed by atoms with Gasteiger partial charge in [-0.15, -0.1) is 11.8 Å². The monoisotopic (exact) mass is 446 g/mol. The maximum Gasteiger partial charge on any atom is 0.341 e. The lowest BCUT2D eigenvalue weighted by Crippen LogP contribution is -2.12. The summed E-state index contributed by atoms with van der Waals surface area (Å²) in [4.78, 5) is 23.4. The zero-order valence-corrected chi connectivity index (χ0v) is 19.3. The highest BCUT2D eigenvalue weighted by Crippen LogP contribution is 2.33. The molecule has 0 amide bonds. The summed E-state index contributed by atoms with van der Waals surface area (Å²) in [5.74, 6) is 1.12. The predicted octanol–water partition coefficient (Wildman–Crippen LogP) is 5.13. The van der Waals surface area contributed by atoms with Crippen LogP contribution in [0.2, 0.25) is 0 Å². The molecule has 2 aromatic carbocycles. The number of ketones is 1. The highest BCUT2D eigenvalue weighted by Gasteiger charge is 2.16. The zero-order chi connectivity index (χ0) is 23.0. The van der Waals surface area contributed by atoms with Crippen LogP contribution in [0, 0.1) is 12.8 Å². The fraction of sp³-hybridized carbons (Fsp3) is 0.417. The molecule has 0 radical (unpaired) electrons. The molecule has 1 unspecified atom stereocenters. The number of carboxylic acids is 1. The second-order valence-corrected chi connectivity index (χ2v) is 8.67. The van der Waals surface area contributed by atoms with Gasteiger partial charge >= 0.3 is 5.97 Å². The Morgan fingerprint density at radius 3 is 2.45 bits per heavy atom. The molecule has 0 saturated heterocycles. The minimum absolute atomic E-state index is 0.0227. The van der Waals surface area contributed by atoms with Crippen molar-refractivity contribution in [3.05, 3.63) is 47.0 Å². The van der Waals surface area contributed by atoms with Crippen molar-refractivity contribution in [2.24, 2.45) is 5.92 Å². The number of ether oxygens (including phenoxy) is 2. The molecule has 0 aromatic heterocycles. The molecule has 6 nitrogen and oxygen atoms in total. The summed E-state index contributed by atoms with van der Waals surface area (Å²) in [7, 11) is 0. The average molecular weight is 447 g/mol. The Balaban J connectivity index is 1.94. The molecule has 2 rings (SSSR count). The van der Waals surface area contributed by atoms with E-state index in [0.717, 1.165) is 22.6 Å². The van der Waals surface area contributed by atoms with Gasteiger partial charge in [0.1, 0.15) is 17.2 Å². The van der Waals surface area contributed by atoms with Crippen LogP contribution < -0.4 is 9.47 Å². The van der Waals surface area contributed by atoms with E-state index in [0.29, 0.717) is 35.7 Å². The van der Waals surface area contributed by atoms with E-state index < -0.39 is 5.97 Å². The normalized spacial score (nSPS) is 11.7. The molecule has 7 heteroatoms. The minimum atomic E-state index is -1.00. The van der Waals surface area contributed by atoms with Crippen molar-refractivity contribution in [1.82, 2.24) is 0 Å². The molecule has 0 fully saturated rings. The SMILES string of the molecule is CCCc1c(OCC(C)CSc2ccc(OCC(=O)O)c(C)c2)ccc(C(C)=O)c1O. The number of aryl methyl sites for hydroxylation is 1. The molecule has 0 aliphatic heterocycles. The Labute approximate surface area is 187 Å². The number of Topliss-reactive ketones (excluding diaryl/α,β-unsaturated/α-hetero) is 1. The highest BCUT2D eigenvalue weighted by atomic mass is 32.2. The second-order valence-electron chi connectivity index (χ2n) is 7.58. The number of carboxylic acid groups (broad SMARTS) is 1. The Morgan fingerprint density at radius 2 is 1.84 bits per heavy atom. The summed E-state index contributed by atoms with van der Waals surface area (Å²) in [6.07, 6.45) is 1.48. The molecule has 0 aliphatic rings. The third-order valence-corrected chi connectivity index (χ3v) is 6.00. The number of thioether (sulfide) groups is 1. The van der Waals surface area contributed by atoms with Crippen molar-refractivity contribution in [2.45, 2.75) is 45.4 Å². The molecule has 0 bridgehead atoms. The molecular formula is C24H30O6S. The van der Waals surface area contributed by atoms with Crippen molar-refractivity contribution >= 4 is 23.5 Å².